The molecule has 3 aromatic rings. The minimum Gasteiger partial charge on any atom is -0.494 e. The Morgan fingerprint density at radius 1 is 1.15 bits per heavy atom. The van der Waals surface area contributed by atoms with Crippen molar-refractivity contribution in [3.63, 3.8) is 0 Å². The summed E-state index contributed by atoms with van der Waals surface area (Å²) in [6, 6.07) is 6.71. The quantitative estimate of drug-likeness (QED) is 0.668. The molecule has 2 aromatic carbocycles. The predicted molar refractivity (Wildman–Crippen MR) is 104 cm³/mol. The molecule has 0 aliphatic heterocycles. The van der Waals surface area contributed by atoms with E-state index in [4.69, 9.17) is 13.0 Å². The van der Waals surface area contributed by atoms with E-state index in [0.717, 1.165) is 12.1 Å². The van der Waals surface area contributed by atoms with Gasteiger partial charge in [0.15, 0.2) is 0 Å². The molecule has 3 rings (SSSR count). The molecule has 0 atom stereocenters. The number of nitrogens with one attached hydrogen (secondary N) is 1. The Hall–Kier alpha value is -2.26. The van der Waals surface area contributed by atoms with Gasteiger partial charge < -0.3 is 4.74 Å². The van der Waals surface area contributed by atoms with Gasteiger partial charge in [0.1, 0.15) is 5.75 Å². The van der Waals surface area contributed by atoms with Crippen molar-refractivity contribution in [2.24, 2.45) is 14.0 Å². The van der Waals surface area contributed by atoms with Crippen LogP contribution in [0.5, 0.6) is 5.75 Å². The number of hydrogen-bond acceptors (Lipinski definition) is 4. The smallest absolute Gasteiger partial charge is 0.328 e. The average molecular weight is 446 g/mol. The summed E-state index contributed by atoms with van der Waals surface area (Å²) in [5.74, 6) is -0.100. The van der Waals surface area contributed by atoms with Gasteiger partial charge in [-0.3, -0.25) is 13.9 Å². The van der Waals surface area contributed by atoms with Gasteiger partial charge in [0.05, 0.1) is 28.7 Å². The van der Waals surface area contributed by atoms with Crippen molar-refractivity contribution in [3.05, 3.63) is 50.9 Å². The SMILES string of the molecule is [2H]C([2H])([2H])n1c(=O)n(C([2H])([2H])[2H])c2cc(OC)c(NS(=O)(=O)c3ccc(Br)cc3C)cc21. The number of benzene rings is 2. The summed E-state index contributed by atoms with van der Waals surface area (Å²) in [5, 5.41) is 0. The van der Waals surface area contributed by atoms with Gasteiger partial charge in [-0.2, -0.15) is 0 Å². The number of rotatable bonds is 4. The van der Waals surface area contributed by atoms with E-state index in [1.54, 1.807) is 19.1 Å². The molecule has 0 radical (unpaired) electrons. The predicted octanol–water partition coefficient (Wildman–Crippen LogP) is 2.76. The van der Waals surface area contributed by atoms with E-state index in [-0.39, 0.29) is 27.4 Å². The van der Waals surface area contributed by atoms with E-state index in [0.29, 0.717) is 19.2 Å². The first kappa shape index (κ1) is 12.2. The van der Waals surface area contributed by atoms with Crippen LogP contribution < -0.4 is 15.1 Å². The molecule has 0 aliphatic rings. The molecule has 138 valence electrons. The van der Waals surface area contributed by atoms with Gasteiger partial charge in [0.2, 0.25) is 0 Å². The molecule has 0 spiro atoms. The summed E-state index contributed by atoms with van der Waals surface area (Å²) in [5.41, 5.74) is -1.54. The third-order valence-corrected chi connectivity index (χ3v) is 5.85. The summed E-state index contributed by atoms with van der Waals surface area (Å²) >= 11 is 3.26. The van der Waals surface area contributed by atoms with Crippen LogP contribution in [0.1, 0.15) is 13.8 Å². The number of aryl methyl sites for hydroxylation is 3. The highest BCUT2D eigenvalue weighted by atomic mass is 79.9. The van der Waals surface area contributed by atoms with Crippen LogP contribution in [-0.2, 0) is 24.0 Å². The molecule has 9 heteroatoms. The first-order chi connectivity index (χ1) is 14.6. The third kappa shape index (κ3) is 3.01. The van der Waals surface area contributed by atoms with Crippen molar-refractivity contribution in [1.29, 1.82) is 0 Å². The number of anilines is 1. The van der Waals surface area contributed by atoms with Crippen LogP contribution in [-0.4, -0.2) is 24.7 Å². The lowest BCUT2D eigenvalue weighted by Crippen LogP contribution is -2.19. The van der Waals surface area contributed by atoms with Crippen LogP contribution in [0.15, 0.2) is 44.5 Å². The highest BCUT2D eigenvalue weighted by Crippen LogP contribution is 2.32. The second kappa shape index (κ2) is 6.48. The average Bonchev–Trinajstić information content (AvgIpc) is 2.91. The number of fused-ring (bicyclic) bond motifs is 1. The number of halogens is 1. The van der Waals surface area contributed by atoms with Gasteiger partial charge in [-0.25, -0.2) is 13.2 Å². The zero-order valence-corrected chi connectivity index (χ0v) is 16.1. The number of imidazole rings is 1. The largest absolute Gasteiger partial charge is 0.494 e. The number of nitrogens with zero attached hydrogens (tertiary/aromatic N) is 2. The van der Waals surface area contributed by atoms with Crippen molar-refractivity contribution in [2.75, 3.05) is 11.8 Å². The molecule has 0 aliphatic carbocycles. The lowest BCUT2D eigenvalue weighted by molar-refractivity contribution is 0.417. The van der Waals surface area contributed by atoms with Crippen LogP contribution in [0, 0.1) is 6.92 Å². The van der Waals surface area contributed by atoms with E-state index in [9.17, 15) is 13.2 Å². The molecule has 0 unspecified atom stereocenters. The maximum Gasteiger partial charge on any atom is 0.328 e. The summed E-state index contributed by atoms with van der Waals surface area (Å²) in [6.07, 6.45) is 0. The van der Waals surface area contributed by atoms with E-state index in [1.165, 1.54) is 13.2 Å². The van der Waals surface area contributed by atoms with E-state index < -0.39 is 29.7 Å². The lowest BCUT2D eigenvalue weighted by Gasteiger charge is -2.14. The second-order valence-electron chi connectivity index (χ2n) is 5.51. The Kier molecular flexibility index (Phi) is 3.03. The Morgan fingerprint density at radius 3 is 2.38 bits per heavy atom. The van der Waals surface area contributed by atoms with Crippen molar-refractivity contribution in [1.82, 2.24) is 9.13 Å². The van der Waals surface area contributed by atoms with Gasteiger partial charge in [-0.15, -0.1) is 0 Å². The molecule has 0 saturated carbocycles. The number of sulfonamides is 1. The van der Waals surface area contributed by atoms with Crippen LogP contribution >= 0.6 is 15.9 Å². The molecule has 0 saturated heterocycles. The highest BCUT2D eigenvalue weighted by molar-refractivity contribution is 9.10. The van der Waals surface area contributed by atoms with Crippen LogP contribution in [0.3, 0.4) is 0 Å². The Labute approximate surface area is 167 Å². The van der Waals surface area contributed by atoms with Gasteiger partial charge >= 0.3 is 5.69 Å². The first-order valence-electron chi connectivity index (χ1n) is 10.2. The molecule has 26 heavy (non-hydrogen) atoms. The number of methoxy groups -OCH3 is 1. The zero-order chi connectivity index (χ0) is 24.2. The summed E-state index contributed by atoms with van der Waals surface area (Å²) in [6.45, 7) is -4.40. The Bertz CT molecular complexity index is 1380. The Morgan fingerprint density at radius 2 is 1.81 bits per heavy atom. The summed E-state index contributed by atoms with van der Waals surface area (Å²) in [7, 11) is -2.91. The molecular weight excluding hydrogens is 422 g/mol. The second-order valence-corrected chi connectivity index (χ2v) is 8.08. The fourth-order valence-electron chi connectivity index (χ4n) is 2.58. The molecule has 0 fully saturated rings. The number of aromatic nitrogens is 2. The molecule has 1 heterocycles. The van der Waals surface area contributed by atoms with E-state index in [2.05, 4.69) is 20.7 Å². The fraction of sp³-hybridized carbons (Fsp3) is 0.235. The van der Waals surface area contributed by atoms with Gasteiger partial charge in [-0.05, 0) is 36.8 Å². The molecule has 7 nitrogen and oxygen atoms in total. The minimum absolute atomic E-state index is 0.0314. The maximum absolute atomic E-state index is 13.0. The van der Waals surface area contributed by atoms with Crippen molar-refractivity contribution in [3.8, 4) is 5.75 Å². The van der Waals surface area contributed by atoms with Crippen molar-refractivity contribution >= 4 is 42.7 Å². The molecule has 0 amide bonds. The normalized spacial score (nSPS) is 16.1. The lowest BCUT2D eigenvalue weighted by atomic mass is 10.2. The number of ether oxygens (including phenoxy) is 1. The Balaban J connectivity index is 2.30. The van der Waals surface area contributed by atoms with Crippen molar-refractivity contribution < 1.29 is 21.4 Å². The van der Waals surface area contributed by atoms with Gasteiger partial charge in [0, 0.05) is 32.7 Å². The zero-order valence-electron chi connectivity index (χ0n) is 19.7. The maximum atomic E-state index is 13.0. The van der Waals surface area contributed by atoms with Crippen LogP contribution in [0.25, 0.3) is 11.0 Å². The molecular formula is C17H18BrN3O4S. The van der Waals surface area contributed by atoms with Gasteiger partial charge in [-0.1, -0.05) is 15.9 Å². The van der Waals surface area contributed by atoms with Crippen molar-refractivity contribution in [2.45, 2.75) is 11.8 Å². The van der Waals surface area contributed by atoms with Crippen LogP contribution in [0.4, 0.5) is 5.69 Å². The van der Waals surface area contributed by atoms with E-state index >= 15 is 0 Å². The third-order valence-electron chi connectivity index (χ3n) is 3.83. The molecule has 0 bridgehead atoms. The van der Waals surface area contributed by atoms with Gasteiger partial charge in [0.25, 0.3) is 10.0 Å². The first-order valence-corrected chi connectivity index (χ1v) is 9.51. The van der Waals surface area contributed by atoms with Crippen LogP contribution in [0.2, 0.25) is 0 Å². The fourth-order valence-corrected chi connectivity index (χ4v) is 4.35. The topological polar surface area (TPSA) is 82.3 Å². The van der Waals surface area contributed by atoms with E-state index in [1.807, 2.05) is 0 Å². The minimum atomic E-state index is -4.14. The summed E-state index contributed by atoms with van der Waals surface area (Å²) in [4.78, 5) is 12.7. The highest BCUT2D eigenvalue weighted by Gasteiger charge is 2.21. The molecule has 1 aromatic heterocycles. The monoisotopic (exact) mass is 445 g/mol. The molecule has 1 N–H and O–H groups in total. The summed E-state index contributed by atoms with van der Waals surface area (Å²) < 4.78 is 80.8. The standard InChI is InChI=1S/C17H18BrN3O4S/c1-10-7-11(18)5-6-16(10)26(23,24)19-12-8-13-14(9-15(12)25-4)21(3)17(22)20(13)2/h5-9,19H,1-4H3/i2D3,3D3. The number of hydrogen-bond donors (Lipinski definition) is 1.